The molecular formula is C35H31N6O2P. The van der Waals surface area contributed by atoms with E-state index in [1.54, 1.807) is 12.1 Å². The first-order valence-electron chi connectivity index (χ1n) is 14.4. The van der Waals surface area contributed by atoms with Gasteiger partial charge in [-0.3, -0.25) is 14.9 Å². The summed E-state index contributed by atoms with van der Waals surface area (Å²) in [5, 5.41) is 19.7. The number of aryl methyl sites for hydroxylation is 1. The van der Waals surface area contributed by atoms with E-state index in [0.29, 0.717) is 5.69 Å². The van der Waals surface area contributed by atoms with Crippen LogP contribution in [0.5, 0.6) is 0 Å². The Morgan fingerprint density at radius 1 is 0.864 bits per heavy atom. The van der Waals surface area contributed by atoms with Crippen molar-refractivity contribution in [1.82, 2.24) is 9.78 Å². The van der Waals surface area contributed by atoms with Gasteiger partial charge in [-0.25, -0.2) is 9.67 Å². The van der Waals surface area contributed by atoms with Crippen molar-refractivity contribution < 1.29 is 4.92 Å². The van der Waals surface area contributed by atoms with Gasteiger partial charge in [0.25, 0.3) is 5.69 Å². The molecule has 3 heterocycles. The van der Waals surface area contributed by atoms with Crippen LogP contribution in [0.25, 0.3) is 5.69 Å². The molecular weight excluding hydrogens is 567 g/mol. The molecule has 0 N–H and O–H groups in total. The van der Waals surface area contributed by atoms with Crippen molar-refractivity contribution in [2.45, 2.75) is 26.2 Å². The third kappa shape index (κ3) is 4.09. The van der Waals surface area contributed by atoms with Crippen molar-refractivity contribution in [3.63, 3.8) is 0 Å². The maximum atomic E-state index is 11.5. The summed E-state index contributed by atoms with van der Waals surface area (Å²) in [5.74, 6) is 0.747. The Labute approximate surface area is 256 Å². The molecule has 4 aromatic carbocycles. The van der Waals surface area contributed by atoms with Gasteiger partial charge in [0.1, 0.15) is 0 Å². The predicted octanol–water partition coefficient (Wildman–Crippen LogP) is 7.93. The normalized spacial score (nSPS) is 19.9. The van der Waals surface area contributed by atoms with E-state index in [-0.39, 0.29) is 16.0 Å². The molecule has 1 aromatic heterocycles. The third-order valence-electron chi connectivity index (χ3n) is 8.55. The number of nitrogens with zero attached hydrogens (tertiary/aromatic N) is 6. The summed E-state index contributed by atoms with van der Waals surface area (Å²) in [7, 11) is -0.759. The quantitative estimate of drug-likeness (QED) is 0.119. The van der Waals surface area contributed by atoms with Crippen molar-refractivity contribution in [1.29, 1.82) is 0 Å². The van der Waals surface area contributed by atoms with Crippen LogP contribution in [0, 0.1) is 17.0 Å². The average Bonchev–Trinajstić information content (AvgIpc) is 3.49. The zero-order chi connectivity index (χ0) is 30.6. The summed E-state index contributed by atoms with van der Waals surface area (Å²) in [6.45, 7) is 6.54. The number of benzene rings is 4. The first-order chi connectivity index (χ1) is 21.2. The largest absolute Gasteiger partial charge is 0.346 e. The van der Waals surface area contributed by atoms with Gasteiger partial charge in [0.15, 0.2) is 5.82 Å². The van der Waals surface area contributed by atoms with Gasteiger partial charge in [0.05, 0.1) is 34.4 Å². The number of hydrogen-bond acceptors (Lipinski definition) is 6. The molecule has 1 atom stereocenters. The maximum Gasteiger partial charge on any atom is 0.269 e. The second-order valence-corrected chi connectivity index (χ2v) is 14.5. The first-order valence-corrected chi connectivity index (χ1v) is 16.2. The van der Waals surface area contributed by atoms with Gasteiger partial charge in [-0.2, -0.15) is 5.10 Å². The number of rotatable bonds is 4. The zero-order valence-corrected chi connectivity index (χ0v) is 25.8. The highest BCUT2D eigenvalue weighted by atomic mass is 31.2. The summed E-state index contributed by atoms with van der Waals surface area (Å²) in [5.41, 5.74) is 5.62. The molecule has 9 heteroatoms. The summed E-state index contributed by atoms with van der Waals surface area (Å²) in [6, 6.07) is 35.4. The van der Waals surface area contributed by atoms with Crippen molar-refractivity contribution in [2.75, 3.05) is 11.9 Å². The number of fused-ring (bicyclic) bond motifs is 2. The molecule has 0 spiro atoms. The second-order valence-electron chi connectivity index (χ2n) is 11.5. The Balaban J connectivity index is 1.65. The van der Waals surface area contributed by atoms with Gasteiger partial charge in [-0.1, -0.05) is 80.6 Å². The minimum Gasteiger partial charge on any atom is -0.346 e. The van der Waals surface area contributed by atoms with Crippen molar-refractivity contribution in [3.05, 3.63) is 142 Å². The molecule has 0 bridgehead atoms. The highest BCUT2D eigenvalue weighted by molar-refractivity contribution is 7.86. The fourth-order valence-electron chi connectivity index (χ4n) is 6.63. The second kappa shape index (κ2) is 10.3. The molecule has 2 aliphatic rings. The topological polar surface area (TPSA) is 88.9 Å². The Bertz CT molecular complexity index is 2040. The van der Waals surface area contributed by atoms with E-state index in [0.717, 1.165) is 44.5 Å². The SMILES string of the molecule is Cc1nn(-c2ccccc2)c2c1P(=Nc1ccc([N+](=O)[O-])cc1)(c1ccccc1)/C(=C1/N(C)c3ccccc3C1(C)C)C=N2. The predicted molar refractivity (Wildman–Crippen MR) is 179 cm³/mol. The average molecular weight is 599 g/mol. The molecule has 8 nitrogen and oxygen atoms in total. The molecule has 0 aliphatic carbocycles. The number of nitro groups is 1. The molecule has 5 aromatic rings. The number of aliphatic imine (C=N–C) groups is 1. The zero-order valence-electron chi connectivity index (χ0n) is 24.9. The molecule has 218 valence electrons. The van der Waals surface area contributed by atoms with Gasteiger partial charge in [-0.05, 0) is 42.8 Å². The summed E-state index contributed by atoms with van der Waals surface area (Å²) in [6.07, 6.45) is 2.00. The highest BCUT2D eigenvalue weighted by Crippen LogP contribution is 2.64. The van der Waals surface area contributed by atoms with Gasteiger partial charge < -0.3 is 4.90 Å². The van der Waals surface area contributed by atoms with Crippen molar-refractivity contribution in [2.24, 2.45) is 9.74 Å². The van der Waals surface area contributed by atoms with E-state index >= 15 is 0 Å². The minimum absolute atomic E-state index is 0.0284. The van der Waals surface area contributed by atoms with Crippen LogP contribution in [0.1, 0.15) is 25.1 Å². The first kappa shape index (κ1) is 27.7. The van der Waals surface area contributed by atoms with E-state index in [1.807, 2.05) is 66.4 Å². The van der Waals surface area contributed by atoms with E-state index in [1.165, 1.54) is 17.7 Å². The molecule has 44 heavy (non-hydrogen) atoms. The number of likely N-dealkylation sites (N-methyl/N-ethyl adjacent to an activating group) is 1. The summed E-state index contributed by atoms with van der Waals surface area (Å²) >= 11 is 0. The lowest BCUT2D eigenvalue weighted by Crippen LogP contribution is -2.30. The Hall–Kier alpha value is -5.07. The van der Waals surface area contributed by atoms with Crippen LogP contribution in [0.15, 0.2) is 130 Å². The van der Waals surface area contributed by atoms with Crippen LogP contribution in [-0.2, 0) is 5.41 Å². The van der Waals surface area contributed by atoms with E-state index in [4.69, 9.17) is 14.8 Å². The lowest BCUT2D eigenvalue weighted by molar-refractivity contribution is -0.384. The van der Waals surface area contributed by atoms with Crippen molar-refractivity contribution >= 4 is 46.8 Å². The summed E-state index contributed by atoms with van der Waals surface area (Å²) in [4.78, 5) is 18.6. The van der Waals surface area contributed by atoms with E-state index in [9.17, 15) is 10.1 Å². The molecule has 7 rings (SSSR count). The molecule has 0 saturated heterocycles. The van der Waals surface area contributed by atoms with E-state index in [2.05, 4.69) is 62.2 Å². The van der Waals surface area contributed by atoms with Crippen molar-refractivity contribution in [3.8, 4) is 5.69 Å². The highest BCUT2D eigenvalue weighted by Gasteiger charge is 2.47. The lowest BCUT2D eigenvalue weighted by atomic mass is 9.84. The number of nitro benzene ring substituents is 1. The van der Waals surface area contributed by atoms with Gasteiger partial charge in [-0.15, -0.1) is 0 Å². The smallest absolute Gasteiger partial charge is 0.269 e. The minimum atomic E-state index is -2.88. The third-order valence-corrected chi connectivity index (χ3v) is 12.3. The van der Waals surface area contributed by atoms with Gasteiger partial charge >= 0.3 is 0 Å². The lowest BCUT2D eigenvalue weighted by Gasteiger charge is -2.35. The van der Waals surface area contributed by atoms with Crippen LogP contribution in [0.4, 0.5) is 22.9 Å². The fraction of sp³-hybridized carbons (Fsp3) is 0.143. The molecule has 1 unspecified atom stereocenters. The maximum absolute atomic E-state index is 11.5. The number of allylic oxidation sites excluding steroid dienone is 2. The molecule has 0 saturated carbocycles. The number of para-hydroxylation sites is 2. The summed E-state index contributed by atoms with van der Waals surface area (Å²) < 4.78 is 7.58. The number of hydrogen-bond donors (Lipinski definition) is 0. The Morgan fingerprint density at radius 2 is 1.50 bits per heavy atom. The van der Waals surface area contributed by atoms with Gasteiger partial charge in [0.2, 0.25) is 0 Å². The van der Waals surface area contributed by atoms with Crippen LogP contribution < -0.4 is 15.5 Å². The number of non-ortho nitro benzene ring substituents is 1. The molecule has 2 aliphatic heterocycles. The van der Waals surface area contributed by atoms with Crippen LogP contribution in [-0.4, -0.2) is 28.0 Å². The molecule has 0 amide bonds. The van der Waals surface area contributed by atoms with Gasteiger partial charge in [0, 0.05) is 52.8 Å². The number of aromatic nitrogens is 2. The number of anilines is 1. The Morgan fingerprint density at radius 3 is 2.16 bits per heavy atom. The van der Waals surface area contributed by atoms with E-state index < -0.39 is 7.05 Å². The fourth-order valence-corrected chi connectivity index (χ4v) is 10.7. The van der Waals surface area contributed by atoms with Crippen LogP contribution in [0.3, 0.4) is 0 Å². The molecule has 0 radical (unpaired) electrons. The van der Waals surface area contributed by atoms with Crippen LogP contribution >= 0.6 is 7.05 Å². The standard InChI is InChI=1S/C35H31N6O2P/c1-24-32-34(40(37-24)26-13-7-5-8-14-26)36-23-31(33-35(2,3)29-17-11-12-18-30(29)39(33)4)44(32,28-15-9-6-10-16-28)38-25-19-21-27(22-20-25)41(42)43/h5-23H,1-4H3/b33-31+. The Kier molecular flexibility index (Phi) is 6.48. The molecule has 0 fully saturated rings. The monoisotopic (exact) mass is 598 g/mol. The van der Waals surface area contributed by atoms with Crippen LogP contribution in [0.2, 0.25) is 0 Å².